The Bertz CT molecular complexity index is 869. The first-order valence-electron chi connectivity index (χ1n) is 9.18. The van der Waals surface area contributed by atoms with Crippen molar-refractivity contribution in [3.8, 4) is 5.75 Å². The van der Waals surface area contributed by atoms with Gasteiger partial charge in [-0.25, -0.2) is 0 Å². The molecule has 28 heavy (non-hydrogen) atoms. The molecule has 0 aliphatic carbocycles. The fraction of sp³-hybridized carbons (Fsp3) is 0.318. The van der Waals surface area contributed by atoms with Crippen LogP contribution in [0.3, 0.4) is 0 Å². The van der Waals surface area contributed by atoms with Crippen molar-refractivity contribution in [2.45, 2.75) is 32.1 Å². The van der Waals surface area contributed by atoms with Gasteiger partial charge in [-0.3, -0.25) is 14.4 Å². The van der Waals surface area contributed by atoms with Crippen molar-refractivity contribution in [3.05, 3.63) is 65.2 Å². The van der Waals surface area contributed by atoms with Crippen LogP contribution in [0.4, 0.5) is 0 Å². The molecule has 0 atom stereocenters. The summed E-state index contributed by atoms with van der Waals surface area (Å²) in [4.78, 5) is 35.4. The number of carbonyl (C=O) groups is 3. The molecule has 1 aliphatic heterocycles. The lowest BCUT2D eigenvalue weighted by Crippen LogP contribution is -2.42. The molecular formula is C22H22O6. The molecule has 0 saturated heterocycles. The number of benzene rings is 2. The monoisotopic (exact) mass is 382 g/mol. The number of rotatable bonds is 8. The average Bonchev–Trinajstić information content (AvgIpc) is 2.68. The zero-order chi connectivity index (χ0) is 20.1. The van der Waals surface area contributed by atoms with Crippen molar-refractivity contribution >= 4 is 17.7 Å². The molecule has 0 amide bonds. The van der Waals surface area contributed by atoms with E-state index in [1.807, 2.05) is 36.4 Å². The highest BCUT2D eigenvalue weighted by Crippen LogP contribution is 2.41. The fourth-order valence-corrected chi connectivity index (χ4v) is 3.58. The predicted molar refractivity (Wildman–Crippen MR) is 102 cm³/mol. The third-order valence-electron chi connectivity index (χ3n) is 5.16. The van der Waals surface area contributed by atoms with E-state index in [0.29, 0.717) is 17.7 Å². The molecule has 2 aromatic rings. The Kier molecular flexibility index (Phi) is 5.78. The van der Waals surface area contributed by atoms with Gasteiger partial charge in [-0.2, -0.15) is 0 Å². The summed E-state index contributed by atoms with van der Waals surface area (Å²) < 4.78 is 5.77. The van der Waals surface area contributed by atoms with Gasteiger partial charge in [-0.1, -0.05) is 36.4 Å². The first-order valence-corrected chi connectivity index (χ1v) is 9.18. The van der Waals surface area contributed by atoms with Crippen LogP contribution in [0.2, 0.25) is 0 Å². The molecule has 0 fully saturated rings. The van der Waals surface area contributed by atoms with Crippen LogP contribution >= 0.6 is 0 Å². The van der Waals surface area contributed by atoms with Crippen LogP contribution in [0.1, 0.15) is 47.2 Å². The minimum atomic E-state index is -1.13. The highest BCUT2D eigenvalue weighted by molar-refractivity contribution is 6.04. The van der Waals surface area contributed by atoms with Crippen molar-refractivity contribution in [2.75, 3.05) is 6.61 Å². The van der Waals surface area contributed by atoms with Crippen molar-refractivity contribution in [2.24, 2.45) is 5.41 Å². The van der Waals surface area contributed by atoms with Gasteiger partial charge in [0.25, 0.3) is 0 Å². The summed E-state index contributed by atoms with van der Waals surface area (Å²) in [6.45, 7) is -0.00255. The largest absolute Gasteiger partial charge is 0.492 e. The van der Waals surface area contributed by atoms with Crippen LogP contribution in [0.5, 0.6) is 5.75 Å². The number of ether oxygens (including phenoxy) is 1. The Morgan fingerprint density at radius 1 is 0.929 bits per heavy atom. The number of ketones is 1. The van der Waals surface area contributed by atoms with Gasteiger partial charge in [0.15, 0.2) is 5.78 Å². The Hall–Kier alpha value is -3.15. The van der Waals surface area contributed by atoms with Gasteiger partial charge in [0, 0.05) is 12.8 Å². The lowest BCUT2D eigenvalue weighted by molar-refractivity contribution is -0.137. The molecule has 0 aromatic heterocycles. The number of carboxylic acids is 2. The second-order valence-corrected chi connectivity index (χ2v) is 7.18. The molecule has 0 spiro atoms. The third kappa shape index (κ3) is 4.39. The van der Waals surface area contributed by atoms with Gasteiger partial charge >= 0.3 is 11.9 Å². The minimum Gasteiger partial charge on any atom is -0.492 e. The van der Waals surface area contributed by atoms with E-state index in [0.717, 1.165) is 11.1 Å². The van der Waals surface area contributed by atoms with Crippen molar-refractivity contribution < 1.29 is 29.3 Å². The van der Waals surface area contributed by atoms with E-state index in [4.69, 9.17) is 14.9 Å². The third-order valence-corrected chi connectivity index (χ3v) is 5.16. The normalized spacial score (nSPS) is 14.8. The van der Waals surface area contributed by atoms with Crippen molar-refractivity contribution in [1.29, 1.82) is 0 Å². The van der Waals surface area contributed by atoms with Crippen LogP contribution in [-0.2, 0) is 16.0 Å². The summed E-state index contributed by atoms with van der Waals surface area (Å²) in [5, 5.41) is 18.1. The Balaban J connectivity index is 1.89. The molecule has 1 heterocycles. The number of hydrogen-bond donors (Lipinski definition) is 2. The lowest BCUT2D eigenvalue weighted by atomic mass is 9.72. The number of carbonyl (C=O) groups excluding carboxylic acids is 1. The molecule has 0 bridgehead atoms. The zero-order valence-corrected chi connectivity index (χ0v) is 15.4. The number of carboxylic acid groups (broad SMARTS) is 2. The summed E-state index contributed by atoms with van der Waals surface area (Å²) in [5.74, 6) is -1.81. The molecule has 0 radical (unpaired) electrons. The summed E-state index contributed by atoms with van der Waals surface area (Å²) in [7, 11) is 0. The molecular weight excluding hydrogens is 360 g/mol. The van der Waals surface area contributed by atoms with Crippen molar-refractivity contribution in [3.63, 3.8) is 0 Å². The predicted octanol–water partition coefficient (Wildman–Crippen LogP) is 3.57. The van der Waals surface area contributed by atoms with E-state index in [1.165, 1.54) is 0 Å². The first-order chi connectivity index (χ1) is 13.4. The van der Waals surface area contributed by atoms with Crippen LogP contribution < -0.4 is 4.74 Å². The highest BCUT2D eigenvalue weighted by atomic mass is 16.5. The topological polar surface area (TPSA) is 101 Å². The molecule has 0 saturated carbocycles. The smallest absolute Gasteiger partial charge is 0.303 e. The van der Waals surface area contributed by atoms with Gasteiger partial charge < -0.3 is 14.9 Å². The van der Waals surface area contributed by atoms with E-state index in [-0.39, 0.29) is 38.1 Å². The summed E-state index contributed by atoms with van der Waals surface area (Å²) in [6.07, 6.45) is 0.327. The van der Waals surface area contributed by atoms with E-state index in [9.17, 15) is 14.4 Å². The lowest BCUT2D eigenvalue weighted by Gasteiger charge is -2.36. The van der Waals surface area contributed by atoms with E-state index < -0.39 is 17.4 Å². The number of fused-ring (bicyclic) bond motifs is 1. The minimum absolute atomic E-state index is 0.00255. The Labute approximate surface area is 162 Å². The molecule has 3 rings (SSSR count). The van der Waals surface area contributed by atoms with E-state index in [1.54, 1.807) is 12.1 Å². The standard InChI is InChI=1S/C22H22O6/c23-19(24)8-10-22(11-9-20(25)26)14-28-18-7-6-16(13-17(18)21(22)27)12-15-4-2-1-3-5-15/h1-7,13H,8-12,14H2,(H,23,24)(H,25,26). The Morgan fingerprint density at radius 3 is 2.18 bits per heavy atom. The maximum absolute atomic E-state index is 13.3. The molecule has 0 unspecified atom stereocenters. The molecule has 1 aliphatic rings. The Morgan fingerprint density at radius 2 is 1.57 bits per heavy atom. The van der Waals surface area contributed by atoms with Gasteiger partial charge in [0.05, 0.1) is 11.0 Å². The SMILES string of the molecule is O=C(O)CCC1(CCC(=O)O)COc2ccc(Cc3ccccc3)cc2C1=O. The average molecular weight is 382 g/mol. The van der Waals surface area contributed by atoms with Gasteiger partial charge in [0.2, 0.25) is 0 Å². The fourth-order valence-electron chi connectivity index (χ4n) is 3.58. The molecule has 6 nitrogen and oxygen atoms in total. The summed E-state index contributed by atoms with van der Waals surface area (Å²) in [6, 6.07) is 15.3. The van der Waals surface area contributed by atoms with Crippen LogP contribution in [0, 0.1) is 5.41 Å². The van der Waals surface area contributed by atoms with Gasteiger partial charge in [-0.15, -0.1) is 0 Å². The van der Waals surface area contributed by atoms with E-state index >= 15 is 0 Å². The number of hydrogen-bond acceptors (Lipinski definition) is 4. The maximum atomic E-state index is 13.3. The summed E-state index contributed by atoms with van der Waals surface area (Å²) >= 11 is 0. The number of Topliss-reactive ketones (excluding diaryl/α,β-unsaturated/α-hetero) is 1. The van der Waals surface area contributed by atoms with Crippen LogP contribution in [0.25, 0.3) is 0 Å². The van der Waals surface area contributed by atoms with Gasteiger partial charge in [0.1, 0.15) is 12.4 Å². The highest BCUT2D eigenvalue weighted by Gasteiger charge is 2.44. The van der Waals surface area contributed by atoms with Crippen molar-refractivity contribution in [1.82, 2.24) is 0 Å². The quantitative estimate of drug-likeness (QED) is 0.724. The summed E-state index contributed by atoms with van der Waals surface area (Å²) in [5.41, 5.74) is 1.31. The second kappa shape index (κ2) is 8.25. The maximum Gasteiger partial charge on any atom is 0.303 e. The van der Waals surface area contributed by atoms with E-state index in [2.05, 4.69) is 0 Å². The molecule has 2 aromatic carbocycles. The second-order valence-electron chi connectivity index (χ2n) is 7.18. The van der Waals surface area contributed by atoms with Crippen LogP contribution in [-0.4, -0.2) is 34.5 Å². The molecule has 146 valence electrons. The number of aliphatic carboxylic acids is 2. The van der Waals surface area contributed by atoms with Crippen LogP contribution in [0.15, 0.2) is 48.5 Å². The first kappa shape index (κ1) is 19.6. The molecule has 6 heteroatoms. The van der Waals surface area contributed by atoms with Gasteiger partial charge in [-0.05, 0) is 42.5 Å². The molecule has 2 N–H and O–H groups in total. The zero-order valence-electron chi connectivity index (χ0n) is 15.4.